The predicted molar refractivity (Wildman–Crippen MR) is 28.3 cm³/mol. The number of alkyl halides is 2. The number of aliphatic imine (C=N–C) groups is 1. The molecule has 0 fully saturated rings. The first kappa shape index (κ1) is 6.19. The van der Waals surface area contributed by atoms with Gasteiger partial charge in [-0.05, 0) is 6.92 Å². The largest absolute Gasteiger partial charge is 0.282 e. The minimum Gasteiger partial charge on any atom is -0.229 e. The molecule has 0 aliphatic carbocycles. The van der Waals surface area contributed by atoms with Crippen molar-refractivity contribution in [2.45, 2.75) is 13.3 Å². The summed E-state index contributed by atoms with van der Waals surface area (Å²) in [7, 11) is 0. The molecule has 2 radical (unpaired) electrons. The Bertz CT molecular complexity index is 172. The van der Waals surface area contributed by atoms with Crippen LogP contribution in [0, 0.1) is 0 Å². The van der Waals surface area contributed by atoms with Gasteiger partial charge in [-0.2, -0.15) is 0 Å². The van der Waals surface area contributed by atoms with Crippen LogP contribution >= 0.6 is 0 Å². The normalized spacial score (nSPS) is 17.3. The molecule has 0 N–H and O–H groups in total. The Morgan fingerprint density at radius 1 is 1.56 bits per heavy atom. The number of rotatable bonds is 1. The van der Waals surface area contributed by atoms with E-state index in [-0.39, 0.29) is 11.4 Å². The van der Waals surface area contributed by atoms with Gasteiger partial charge in [-0.3, -0.25) is 0 Å². The van der Waals surface area contributed by atoms with E-state index in [1.54, 1.807) is 0 Å². The number of hydrogen-bond acceptors (Lipinski definition) is 1. The molecule has 0 saturated heterocycles. The Kier molecular flexibility index (Phi) is 1.46. The molecule has 0 bridgehead atoms. The van der Waals surface area contributed by atoms with E-state index in [1.165, 1.54) is 6.92 Å². The zero-order valence-electron chi connectivity index (χ0n) is 4.73. The smallest absolute Gasteiger partial charge is 0.229 e. The first-order chi connectivity index (χ1) is 4.22. The minimum atomic E-state index is -2.52. The van der Waals surface area contributed by atoms with Gasteiger partial charge in [-0.1, -0.05) is 0 Å². The SMILES string of the molecule is CC1=C(C(F)F)[N][C]=N1. The van der Waals surface area contributed by atoms with Gasteiger partial charge in [0.15, 0.2) is 6.34 Å². The van der Waals surface area contributed by atoms with Crippen molar-refractivity contribution in [1.82, 2.24) is 5.32 Å². The van der Waals surface area contributed by atoms with Gasteiger partial charge < -0.3 is 0 Å². The number of nitrogens with zero attached hydrogens (tertiary/aromatic N) is 2. The number of hydrogen-bond donors (Lipinski definition) is 0. The zero-order chi connectivity index (χ0) is 6.85. The Morgan fingerprint density at radius 2 is 2.22 bits per heavy atom. The molecule has 1 aliphatic rings. The summed E-state index contributed by atoms with van der Waals surface area (Å²) in [5.41, 5.74) is -0.0139. The third-order valence-electron chi connectivity index (χ3n) is 0.966. The van der Waals surface area contributed by atoms with Crippen molar-refractivity contribution in [3.8, 4) is 0 Å². The molecular formula is C5H4F2N2. The van der Waals surface area contributed by atoms with E-state index in [2.05, 4.69) is 16.6 Å². The first-order valence-electron chi connectivity index (χ1n) is 2.37. The highest BCUT2D eigenvalue weighted by atomic mass is 19.3. The maximum absolute atomic E-state index is 11.7. The topological polar surface area (TPSA) is 26.5 Å². The Morgan fingerprint density at radius 3 is 2.44 bits per heavy atom. The molecule has 2 nitrogen and oxygen atoms in total. The third-order valence-corrected chi connectivity index (χ3v) is 0.966. The molecule has 0 amide bonds. The van der Waals surface area contributed by atoms with E-state index >= 15 is 0 Å². The lowest BCUT2D eigenvalue weighted by Gasteiger charge is -1.96. The predicted octanol–water partition coefficient (Wildman–Crippen LogP) is 1.01. The molecule has 0 aromatic heterocycles. The number of allylic oxidation sites excluding steroid dienone is 2. The van der Waals surface area contributed by atoms with Crippen LogP contribution in [-0.4, -0.2) is 12.8 Å². The van der Waals surface area contributed by atoms with Gasteiger partial charge in [0.2, 0.25) is 0 Å². The maximum Gasteiger partial charge on any atom is 0.282 e. The average molecular weight is 130 g/mol. The lowest BCUT2D eigenvalue weighted by Crippen LogP contribution is -2.06. The maximum atomic E-state index is 11.7. The van der Waals surface area contributed by atoms with Crippen LogP contribution in [0.25, 0.3) is 0 Å². The second-order valence-corrected chi connectivity index (χ2v) is 1.59. The molecule has 9 heavy (non-hydrogen) atoms. The fourth-order valence-electron chi connectivity index (χ4n) is 0.499. The van der Waals surface area contributed by atoms with Crippen LogP contribution < -0.4 is 5.32 Å². The van der Waals surface area contributed by atoms with Crippen molar-refractivity contribution in [3.05, 3.63) is 11.4 Å². The monoisotopic (exact) mass is 130 g/mol. The summed E-state index contributed by atoms with van der Waals surface area (Å²) in [6.45, 7) is 1.48. The van der Waals surface area contributed by atoms with Crippen molar-refractivity contribution < 1.29 is 8.78 Å². The van der Waals surface area contributed by atoms with E-state index in [0.717, 1.165) is 0 Å². The molecule has 48 valence electrons. The van der Waals surface area contributed by atoms with Gasteiger partial charge in [0.05, 0.1) is 5.70 Å². The summed E-state index contributed by atoms with van der Waals surface area (Å²) in [6, 6.07) is 0. The molecule has 0 saturated carbocycles. The summed E-state index contributed by atoms with van der Waals surface area (Å²) in [5.74, 6) is 0. The lowest BCUT2D eigenvalue weighted by atomic mass is 10.4. The fourth-order valence-corrected chi connectivity index (χ4v) is 0.499. The van der Waals surface area contributed by atoms with Gasteiger partial charge in [0.1, 0.15) is 5.70 Å². The average Bonchev–Trinajstić information content (AvgIpc) is 2.13. The molecule has 0 unspecified atom stereocenters. The van der Waals surface area contributed by atoms with Gasteiger partial charge >= 0.3 is 0 Å². The molecule has 1 rings (SSSR count). The lowest BCUT2D eigenvalue weighted by molar-refractivity contribution is 0.183. The van der Waals surface area contributed by atoms with Crippen molar-refractivity contribution in [2.75, 3.05) is 0 Å². The Balaban J connectivity index is 2.73. The van der Waals surface area contributed by atoms with Crippen LogP contribution in [0.3, 0.4) is 0 Å². The van der Waals surface area contributed by atoms with E-state index < -0.39 is 6.43 Å². The summed E-state index contributed by atoms with van der Waals surface area (Å²) in [5, 5.41) is 3.23. The number of halogens is 2. The van der Waals surface area contributed by atoms with Crippen molar-refractivity contribution in [1.29, 1.82) is 0 Å². The molecule has 1 heterocycles. The molecule has 4 heteroatoms. The molecule has 0 aromatic carbocycles. The van der Waals surface area contributed by atoms with Crippen molar-refractivity contribution >= 4 is 6.34 Å². The highest BCUT2D eigenvalue weighted by Gasteiger charge is 2.18. The summed E-state index contributed by atoms with van der Waals surface area (Å²) in [4.78, 5) is 3.42. The van der Waals surface area contributed by atoms with Crippen LogP contribution in [0.2, 0.25) is 0 Å². The Labute approximate surface area is 51.3 Å². The molecule has 0 aromatic rings. The van der Waals surface area contributed by atoms with Crippen LogP contribution in [0.15, 0.2) is 16.4 Å². The summed E-state index contributed by atoms with van der Waals surface area (Å²) < 4.78 is 23.5. The van der Waals surface area contributed by atoms with Crippen LogP contribution in [0.5, 0.6) is 0 Å². The minimum absolute atomic E-state index is 0.255. The quantitative estimate of drug-likeness (QED) is 0.506. The highest BCUT2D eigenvalue weighted by Crippen LogP contribution is 2.15. The molecule has 0 atom stereocenters. The van der Waals surface area contributed by atoms with Gasteiger partial charge in [-0.15, -0.1) is 0 Å². The zero-order valence-corrected chi connectivity index (χ0v) is 4.73. The highest BCUT2D eigenvalue weighted by molar-refractivity contribution is 5.63. The molecule has 1 aliphatic heterocycles. The fraction of sp³-hybridized carbons (Fsp3) is 0.400. The van der Waals surface area contributed by atoms with Crippen molar-refractivity contribution in [3.63, 3.8) is 0 Å². The van der Waals surface area contributed by atoms with E-state index in [1.807, 2.05) is 0 Å². The van der Waals surface area contributed by atoms with E-state index in [9.17, 15) is 8.78 Å². The van der Waals surface area contributed by atoms with Crippen molar-refractivity contribution in [2.24, 2.45) is 4.99 Å². The first-order valence-corrected chi connectivity index (χ1v) is 2.37. The van der Waals surface area contributed by atoms with Crippen LogP contribution in [-0.2, 0) is 0 Å². The van der Waals surface area contributed by atoms with Crippen LogP contribution in [0.4, 0.5) is 8.78 Å². The van der Waals surface area contributed by atoms with Gasteiger partial charge in [0, 0.05) is 0 Å². The summed E-state index contributed by atoms with van der Waals surface area (Å²) >= 11 is 0. The molecular weight excluding hydrogens is 126 g/mol. The standard InChI is InChI=1S/C5H4F2N2/c1-3-4(5(6)7)9-2-8-3/h5H,1H3. The second-order valence-electron chi connectivity index (χ2n) is 1.59. The Hall–Kier alpha value is -0.930. The summed E-state index contributed by atoms with van der Waals surface area (Å²) in [6.07, 6.45) is -0.425. The van der Waals surface area contributed by atoms with Gasteiger partial charge in [0.25, 0.3) is 6.43 Å². The van der Waals surface area contributed by atoms with Gasteiger partial charge in [-0.25, -0.2) is 19.1 Å². The van der Waals surface area contributed by atoms with E-state index in [0.29, 0.717) is 0 Å². The van der Waals surface area contributed by atoms with E-state index in [4.69, 9.17) is 0 Å². The van der Waals surface area contributed by atoms with Crippen LogP contribution in [0.1, 0.15) is 6.92 Å². The molecule has 0 spiro atoms. The third kappa shape index (κ3) is 1.06. The second kappa shape index (κ2) is 2.13.